The van der Waals surface area contributed by atoms with Crippen molar-refractivity contribution in [3.8, 4) is 11.3 Å². The normalized spacial score (nSPS) is 10.7. The summed E-state index contributed by atoms with van der Waals surface area (Å²) in [6.45, 7) is 1.08. The van der Waals surface area contributed by atoms with Crippen LogP contribution in [-0.2, 0) is 11.3 Å². The van der Waals surface area contributed by atoms with Gasteiger partial charge in [0.15, 0.2) is 0 Å². The highest BCUT2D eigenvalue weighted by molar-refractivity contribution is 9.10. The van der Waals surface area contributed by atoms with Crippen LogP contribution in [0.5, 0.6) is 0 Å². The van der Waals surface area contributed by atoms with Gasteiger partial charge in [0, 0.05) is 28.6 Å². The van der Waals surface area contributed by atoms with Crippen molar-refractivity contribution in [2.24, 2.45) is 0 Å². The van der Waals surface area contributed by atoms with Crippen LogP contribution < -0.4 is 5.32 Å². The van der Waals surface area contributed by atoms with E-state index in [1.165, 1.54) is 12.1 Å². The van der Waals surface area contributed by atoms with Crippen molar-refractivity contribution in [1.82, 2.24) is 5.32 Å². The maximum absolute atomic E-state index is 10.7. The predicted octanol–water partition coefficient (Wildman–Crippen LogP) is 3.57. The number of hydrogen-bond acceptors (Lipinski definition) is 5. The summed E-state index contributed by atoms with van der Waals surface area (Å²) in [7, 11) is 0. The fourth-order valence-corrected chi connectivity index (χ4v) is 2.57. The molecule has 0 aliphatic rings. The average Bonchev–Trinajstić information content (AvgIpc) is 2.95. The van der Waals surface area contributed by atoms with E-state index in [1.54, 1.807) is 12.1 Å². The van der Waals surface area contributed by atoms with Crippen molar-refractivity contribution >= 4 is 27.6 Å². The van der Waals surface area contributed by atoms with Gasteiger partial charge < -0.3 is 14.8 Å². The number of nitro groups is 1. The molecule has 2 aromatic rings. The van der Waals surface area contributed by atoms with Crippen molar-refractivity contribution in [3.05, 3.63) is 50.7 Å². The van der Waals surface area contributed by atoms with Crippen LogP contribution in [0.3, 0.4) is 0 Å². The van der Waals surface area contributed by atoms with Gasteiger partial charge in [-0.15, -0.1) is 0 Å². The maximum atomic E-state index is 10.7. The van der Waals surface area contributed by atoms with Gasteiger partial charge in [0.1, 0.15) is 11.5 Å². The zero-order valence-electron chi connectivity index (χ0n) is 12.1. The number of carboxylic acids is 1. The molecular formula is C15H15BrN2O5. The number of benzene rings is 1. The van der Waals surface area contributed by atoms with E-state index in [0.717, 1.165) is 5.56 Å². The zero-order valence-corrected chi connectivity index (χ0v) is 13.7. The Labute approximate surface area is 140 Å². The highest BCUT2D eigenvalue weighted by atomic mass is 79.9. The molecule has 0 spiro atoms. The number of aliphatic carboxylic acids is 1. The molecule has 0 aliphatic carbocycles. The van der Waals surface area contributed by atoms with E-state index in [1.807, 2.05) is 6.07 Å². The number of halogens is 1. The summed E-state index contributed by atoms with van der Waals surface area (Å²) in [6, 6.07) is 8.09. The number of nitrogens with zero attached hydrogens (tertiary/aromatic N) is 1. The quantitative estimate of drug-likeness (QED) is 0.410. The summed E-state index contributed by atoms with van der Waals surface area (Å²) in [6.07, 6.45) is 0.683. The van der Waals surface area contributed by atoms with Crippen molar-refractivity contribution in [2.45, 2.75) is 19.4 Å². The first-order valence-corrected chi connectivity index (χ1v) is 7.72. The Balaban J connectivity index is 1.96. The molecular weight excluding hydrogens is 368 g/mol. The van der Waals surface area contributed by atoms with Crippen LogP contribution in [0.15, 0.2) is 39.2 Å². The van der Waals surface area contributed by atoms with E-state index in [-0.39, 0.29) is 12.1 Å². The molecule has 2 N–H and O–H groups in total. The predicted molar refractivity (Wildman–Crippen MR) is 87.1 cm³/mol. The molecule has 1 heterocycles. The van der Waals surface area contributed by atoms with Gasteiger partial charge in [-0.1, -0.05) is 0 Å². The second kappa shape index (κ2) is 7.89. The van der Waals surface area contributed by atoms with E-state index in [4.69, 9.17) is 9.52 Å². The molecule has 0 unspecified atom stereocenters. The number of rotatable bonds is 8. The number of hydrogen-bond donors (Lipinski definition) is 2. The molecule has 0 aliphatic heterocycles. The van der Waals surface area contributed by atoms with Gasteiger partial charge in [-0.3, -0.25) is 14.9 Å². The minimum Gasteiger partial charge on any atom is -0.481 e. The largest absolute Gasteiger partial charge is 0.481 e. The van der Waals surface area contributed by atoms with Crippen molar-refractivity contribution in [1.29, 1.82) is 0 Å². The molecule has 0 saturated carbocycles. The first-order chi connectivity index (χ1) is 11.0. The number of non-ortho nitro benzene ring substituents is 1. The topological polar surface area (TPSA) is 106 Å². The lowest BCUT2D eigenvalue weighted by atomic mass is 10.1. The van der Waals surface area contributed by atoms with Crippen LogP contribution in [0.4, 0.5) is 5.69 Å². The number of nitro benzene ring substituents is 1. The monoisotopic (exact) mass is 382 g/mol. The van der Waals surface area contributed by atoms with E-state index in [0.29, 0.717) is 35.5 Å². The molecule has 23 heavy (non-hydrogen) atoms. The van der Waals surface area contributed by atoms with Crippen molar-refractivity contribution in [2.75, 3.05) is 6.54 Å². The summed E-state index contributed by atoms with van der Waals surface area (Å²) in [5, 5.41) is 22.4. The number of carboxylic acid groups (broad SMARTS) is 1. The van der Waals surface area contributed by atoms with Crippen LogP contribution in [0.1, 0.15) is 18.6 Å². The SMILES string of the molecule is O=C(O)CCCNCc1ccc(-c2ccc([N+](=O)[O-])cc2Br)o1. The minimum absolute atomic E-state index is 0.00695. The summed E-state index contributed by atoms with van der Waals surface area (Å²) >= 11 is 3.31. The molecule has 1 aromatic heterocycles. The van der Waals surface area contributed by atoms with E-state index in [9.17, 15) is 14.9 Å². The highest BCUT2D eigenvalue weighted by Crippen LogP contribution is 2.32. The van der Waals surface area contributed by atoms with Gasteiger partial charge in [0.05, 0.1) is 11.5 Å². The van der Waals surface area contributed by atoms with Crippen LogP contribution in [0, 0.1) is 10.1 Å². The molecule has 0 saturated heterocycles. The van der Waals surface area contributed by atoms with E-state index < -0.39 is 10.9 Å². The van der Waals surface area contributed by atoms with Gasteiger partial charge in [0.2, 0.25) is 0 Å². The summed E-state index contributed by atoms with van der Waals surface area (Å²) in [4.78, 5) is 20.7. The number of nitrogens with one attached hydrogen (secondary N) is 1. The standard InChI is InChI=1S/C15H15BrN2O5/c16-13-8-10(18(21)22)3-5-12(13)14-6-4-11(23-14)9-17-7-1-2-15(19)20/h3-6,8,17H,1-2,7,9H2,(H,19,20). The smallest absolute Gasteiger partial charge is 0.303 e. The Morgan fingerprint density at radius 3 is 2.78 bits per heavy atom. The van der Waals surface area contributed by atoms with Gasteiger partial charge in [-0.05, 0) is 47.1 Å². The summed E-state index contributed by atoms with van der Waals surface area (Å²) in [5.74, 6) is 0.504. The van der Waals surface area contributed by atoms with Crippen LogP contribution in [-0.4, -0.2) is 22.5 Å². The molecule has 0 atom stereocenters. The molecule has 122 valence electrons. The Morgan fingerprint density at radius 2 is 2.13 bits per heavy atom. The summed E-state index contributed by atoms with van der Waals surface area (Å²) < 4.78 is 6.29. The first kappa shape index (κ1) is 17.2. The van der Waals surface area contributed by atoms with Crippen LogP contribution >= 0.6 is 15.9 Å². The Hall–Kier alpha value is -2.19. The van der Waals surface area contributed by atoms with Crippen molar-refractivity contribution < 1.29 is 19.2 Å². The second-order valence-electron chi connectivity index (χ2n) is 4.86. The fraction of sp³-hybridized carbons (Fsp3) is 0.267. The van der Waals surface area contributed by atoms with Gasteiger partial charge in [-0.2, -0.15) is 0 Å². The fourth-order valence-electron chi connectivity index (χ4n) is 2.01. The Kier molecular flexibility index (Phi) is 5.89. The molecule has 2 rings (SSSR count). The van der Waals surface area contributed by atoms with E-state index >= 15 is 0 Å². The third kappa shape index (κ3) is 4.90. The first-order valence-electron chi connectivity index (χ1n) is 6.93. The summed E-state index contributed by atoms with van der Waals surface area (Å²) in [5.41, 5.74) is 0.736. The number of furan rings is 1. The molecule has 0 radical (unpaired) electrons. The Morgan fingerprint density at radius 1 is 1.35 bits per heavy atom. The Bertz CT molecular complexity index is 714. The second-order valence-corrected chi connectivity index (χ2v) is 5.72. The lowest BCUT2D eigenvalue weighted by Crippen LogP contribution is -2.15. The van der Waals surface area contributed by atoms with Gasteiger partial charge in [-0.25, -0.2) is 0 Å². The van der Waals surface area contributed by atoms with Gasteiger partial charge >= 0.3 is 5.97 Å². The average molecular weight is 383 g/mol. The highest BCUT2D eigenvalue weighted by Gasteiger charge is 2.13. The van der Waals surface area contributed by atoms with Crippen molar-refractivity contribution in [3.63, 3.8) is 0 Å². The third-order valence-corrected chi connectivity index (χ3v) is 3.79. The van der Waals surface area contributed by atoms with Gasteiger partial charge in [0.25, 0.3) is 5.69 Å². The molecule has 0 amide bonds. The molecule has 0 fully saturated rings. The lowest BCUT2D eigenvalue weighted by molar-refractivity contribution is -0.384. The zero-order chi connectivity index (χ0) is 16.8. The van der Waals surface area contributed by atoms with Crippen LogP contribution in [0.2, 0.25) is 0 Å². The third-order valence-electron chi connectivity index (χ3n) is 3.13. The number of carbonyl (C=O) groups is 1. The molecule has 1 aromatic carbocycles. The van der Waals surface area contributed by atoms with E-state index in [2.05, 4.69) is 21.2 Å². The molecule has 8 heteroatoms. The lowest BCUT2D eigenvalue weighted by Gasteiger charge is -2.02. The maximum Gasteiger partial charge on any atom is 0.303 e. The molecule has 7 nitrogen and oxygen atoms in total. The van der Waals surface area contributed by atoms with Crippen LogP contribution in [0.25, 0.3) is 11.3 Å². The minimum atomic E-state index is -0.810. The molecule has 0 bridgehead atoms.